The number of benzene rings is 4. The van der Waals surface area contributed by atoms with Crippen LogP contribution >= 0.6 is 0 Å². The van der Waals surface area contributed by atoms with Gasteiger partial charge >= 0.3 is 0 Å². The Balaban J connectivity index is 0.000000229. The molecule has 0 unspecified atom stereocenters. The maximum absolute atomic E-state index is 13.8. The Labute approximate surface area is 308 Å². The molecule has 0 aliphatic rings. The van der Waals surface area contributed by atoms with Gasteiger partial charge in [-0.15, -0.1) is 59.7 Å². The Morgan fingerprint density at radius 3 is 2.24 bits per heavy atom. The van der Waals surface area contributed by atoms with Crippen molar-refractivity contribution in [2.75, 3.05) is 0 Å². The van der Waals surface area contributed by atoms with Gasteiger partial charge in [0.25, 0.3) is 0 Å². The van der Waals surface area contributed by atoms with Gasteiger partial charge in [-0.2, -0.15) is 0 Å². The second-order valence-electron chi connectivity index (χ2n) is 14.7. The molecule has 0 atom stereocenters. The van der Waals surface area contributed by atoms with Crippen molar-refractivity contribution in [2.24, 2.45) is 5.41 Å². The summed E-state index contributed by atoms with van der Waals surface area (Å²) in [5.41, 5.74) is 9.19. The molecule has 0 spiro atoms. The molecule has 0 saturated carbocycles. The van der Waals surface area contributed by atoms with Crippen LogP contribution in [0.5, 0.6) is 0 Å². The minimum atomic E-state index is -1.27. The van der Waals surface area contributed by atoms with Crippen molar-refractivity contribution in [1.29, 1.82) is 0 Å². The third kappa shape index (κ3) is 8.35. The van der Waals surface area contributed by atoms with E-state index in [1.165, 1.54) is 22.4 Å². The van der Waals surface area contributed by atoms with Crippen molar-refractivity contribution >= 4 is 35.2 Å². The second kappa shape index (κ2) is 14.9. The molecule has 0 saturated heterocycles. The normalized spacial score (nSPS) is 11.6. The third-order valence-electron chi connectivity index (χ3n) is 8.40. The Kier molecular flexibility index (Phi) is 11.0. The molecule has 3 aromatic heterocycles. The smallest absolute Gasteiger partial charge is 0.159 e. The average molecular weight is 859 g/mol. The number of hydrogen-bond acceptors (Lipinski definition) is 3. The van der Waals surface area contributed by atoms with Gasteiger partial charge in [0.15, 0.2) is 11.6 Å². The maximum atomic E-state index is 13.8. The number of nitrogens with zero attached hydrogens (tertiary/aromatic N) is 2. The van der Waals surface area contributed by atoms with Crippen molar-refractivity contribution in [3.63, 3.8) is 0 Å². The van der Waals surface area contributed by atoms with E-state index in [-0.39, 0.29) is 25.5 Å². The number of rotatable bonds is 5. The van der Waals surface area contributed by atoms with Gasteiger partial charge in [-0.1, -0.05) is 93.3 Å². The molecule has 50 heavy (non-hydrogen) atoms. The van der Waals surface area contributed by atoms with Crippen LogP contribution in [0.15, 0.2) is 108 Å². The van der Waals surface area contributed by atoms with Gasteiger partial charge in [0, 0.05) is 43.4 Å². The molecule has 7 aromatic rings. The van der Waals surface area contributed by atoms with E-state index in [0.717, 1.165) is 45.8 Å². The molecular weight excluding hydrogens is 819 g/mol. The van der Waals surface area contributed by atoms with E-state index < -0.39 is 19.7 Å². The van der Waals surface area contributed by atoms with E-state index in [1.807, 2.05) is 54.7 Å². The molecule has 0 N–H and O–H groups in total. The van der Waals surface area contributed by atoms with Gasteiger partial charge in [-0.05, 0) is 59.1 Å². The van der Waals surface area contributed by atoms with Crippen LogP contribution < -0.4 is 5.19 Å². The molecule has 257 valence electrons. The number of pyridine rings is 2. The summed E-state index contributed by atoms with van der Waals surface area (Å²) in [6.45, 7) is 15.9. The summed E-state index contributed by atoms with van der Waals surface area (Å²) in [6, 6.07) is 34.3. The molecule has 4 aromatic carbocycles. The van der Waals surface area contributed by atoms with E-state index in [0.29, 0.717) is 22.3 Å². The fraction of sp³-hybridized carbons (Fsp3) is 0.209. The molecule has 0 bridgehead atoms. The Morgan fingerprint density at radius 2 is 1.56 bits per heavy atom. The summed E-state index contributed by atoms with van der Waals surface area (Å²) in [6.07, 6.45) is 4.85. The van der Waals surface area contributed by atoms with Crippen LogP contribution in [0, 0.1) is 36.1 Å². The van der Waals surface area contributed by atoms with Crippen molar-refractivity contribution in [3.05, 3.63) is 138 Å². The molecule has 0 aliphatic carbocycles. The Morgan fingerprint density at radius 1 is 0.780 bits per heavy atom. The van der Waals surface area contributed by atoms with Crippen LogP contribution in [0.4, 0.5) is 8.78 Å². The minimum Gasteiger partial charge on any atom is -0.500 e. The number of aryl methyl sites for hydroxylation is 1. The number of fused-ring (bicyclic) bond motifs is 3. The Bertz CT molecular complexity index is 2270. The van der Waals surface area contributed by atoms with E-state index in [1.54, 1.807) is 6.07 Å². The van der Waals surface area contributed by atoms with Crippen LogP contribution in [0.25, 0.3) is 55.6 Å². The van der Waals surface area contributed by atoms with E-state index >= 15 is 0 Å². The first-order chi connectivity index (χ1) is 23.3. The minimum absolute atomic E-state index is 0. The number of para-hydroxylation sites is 1. The molecule has 3 heterocycles. The molecule has 0 amide bonds. The first-order valence-electron chi connectivity index (χ1n) is 16.5. The molecule has 0 fully saturated rings. The molecule has 1 radical (unpaired) electrons. The largest absolute Gasteiger partial charge is 0.500 e. The van der Waals surface area contributed by atoms with E-state index in [4.69, 9.17) is 4.42 Å². The quantitative estimate of drug-likeness (QED) is 0.128. The Hall–Kier alpha value is -4.29. The van der Waals surface area contributed by atoms with E-state index in [9.17, 15) is 8.78 Å². The van der Waals surface area contributed by atoms with Crippen LogP contribution in [0.1, 0.15) is 31.9 Å². The number of halogens is 2. The monoisotopic (exact) mass is 859 g/mol. The van der Waals surface area contributed by atoms with Gasteiger partial charge in [-0.25, -0.2) is 8.78 Å². The van der Waals surface area contributed by atoms with Crippen molar-refractivity contribution in [3.8, 4) is 33.6 Å². The first kappa shape index (κ1) is 37.0. The summed E-state index contributed by atoms with van der Waals surface area (Å²) in [4.78, 5) is 9.13. The fourth-order valence-electron chi connectivity index (χ4n) is 6.17. The number of aromatic nitrogens is 2. The second-order valence-corrected chi connectivity index (χ2v) is 19.8. The number of furan rings is 1. The summed E-state index contributed by atoms with van der Waals surface area (Å²) >= 11 is 0. The fourth-order valence-corrected chi connectivity index (χ4v) is 7.87. The number of hydrogen-bond donors (Lipinski definition) is 0. The summed E-state index contributed by atoms with van der Waals surface area (Å²) in [5, 5.41) is 3.28. The van der Waals surface area contributed by atoms with Crippen LogP contribution in [-0.4, -0.2) is 18.0 Å². The van der Waals surface area contributed by atoms with Crippen molar-refractivity contribution in [1.82, 2.24) is 9.97 Å². The molecule has 0 aliphatic heterocycles. The van der Waals surface area contributed by atoms with Gasteiger partial charge < -0.3 is 14.4 Å². The average Bonchev–Trinajstić information content (AvgIpc) is 3.44. The SMILES string of the molecule is CC(C)(C)Cc1ccnc(-c2[c-]cc3oc4c(-c5ccc(F)c(F)c5)cccc4c3c2)c1.Cc1cc(-c2[c-]cccc2)ncc1[Si](C)(C)C.[Ir]. The van der Waals surface area contributed by atoms with Crippen molar-refractivity contribution in [2.45, 2.75) is 53.8 Å². The van der Waals surface area contributed by atoms with Crippen LogP contribution in [0.2, 0.25) is 19.6 Å². The maximum Gasteiger partial charge on any atom is 0.159 e. The topological polar surface area (TPSA) is 38.9 Å². The van der Waals surface area contributed by atoms with Gasteiger partial charge in [-0.3, -0.25) is 0 Å². The first-order valence-corrected chi connectivity index (χ1v) is 20.0. The van der Waals surface area contributed by atoms with Gasteiger partial charge in [0.2, 0.25) is 0 Å². The zero-order valence-electron chi connectivity index (χ0n) is 29.4. The van der Waals surface area contributed by atoms with E-state index in [2.05, 4.69) is 99.9 Å². The summed E-state index contributed by atoms with van der Waals surface area (Å²) < 4.78 is 33.4. The zero-order chi connectivity index (χ0) is 34.9. The molecule has 7 heteroatoms. The summed E-state index contributed by atoms with van der Waals surface area (Å²) in [7, 11) is -1.27. The summed E-state index contributed by atoms with van der Waals surface area (Å²) in [5.74, 6) is -1.75. The molecule has 7 rings (SSSR count). The van der Waals surface area contributed by atoms with Gasteiger partial charge in [0.05, 0.1) is 13.7 Å². The molecule has 3 nitrogen and oxygen atoms in total. The predicted molar refractivity (Wildman–Crippen MR) is 201 cm³/mol. The molecular formula is C43H40F2IrN2OSi-2. The van der Waals surface area contributed by atoms with Gasteiger partial charge in [0.1, 0.15) is 5.58 Å². The predicted octanol–water partition coefficient (Wildman–Crippen LogP) is 11.4. The van der Waals surface area contributed by atoms with Crippen molar-refractivity contribution < 1.29 is 33.3 Å². The third-order valence-corrected chi connectivity index (χ3v) is 10.5. The standard InChI is InChI=1S/C28H22F2NO.C15H18NSi.Ir/c1-28(2,3)16-17-11-12-31-25(13-17)19-8-10-26-22(14-19)21-6-4-5-20(27(21)32-26)18-7-9-23(29)24(30)15-18;1-12-10-14(13-8-6-5-7-9-13)16-11-15(12)17(2,3)4;/h4-7,9-15H,16H2,1-3H3;5-8,10-11H,1-4H3;/q2*-1;. The van der Waals surface area contributed by atoms with Crippen LogP contribution in [0.3, 0.4) is 0 Å². The zero-order valence-corrected chi connectivity index (χ0v) is 32.8. The van der Waals surface area contributed by atoms with Crippen LogP contribution in [-0.2, 0) is 26.5 Å².